The Labute approximate surface area is 251 Å². The van der Waals surface area contributed by atoms with Gasteiger partial charge in [0.1, 0.15) is 35.4 Å². The average Bonchev–Trinajstić information content (AvgIpc) is 2.94. The van der Waals surface area contributed by atoms with Gasteiger partial charge in [0.05, 0.1) is 5.57 Å². The van der Waals surface area contributed by atoms with Crippen molar-refractivity contribution in [3.63, 3.8) is 0 Å². The van der Waals surface area contributed by atoms with E-state index in [0.29, 0.717) is 17.6 Å². The Morgan fingerprint density at radius 3 is 1.33 bits per heavy atom. The lowest BCUT2D eigenvalue weighted by atomic mass is 9.90. The van der Waals surface area contributed by atoms with Gasteiger partial charge in [-0.05, 0) is 115 Å². The summed E-state index contributed by atoms with van der Waals surface area (Å²) in [5, 5.41) is 38.9. The Morgan fingerprint density at radius 1 is 0.548 bits per heavy atom. The Hall–Kier alpha value is -5.40. The fourth-order valence-corrected chi connectivity index (χ4v) is 5.04. The summed E-state index contributed by atoms with van der Waals surface area (Å²) in [4.78, 5) is 4.55. The van der Waals surface area contributed by atoms with Crippen LogP contribution in [0.4, 0.5) is 11.4 Å². The minimum absolute atomic E-state index is 0.00965. The van der Waals surface area contributed by atoms with Crippen LogP contribution in [0.25, 0.3) is 5.57 Å². The van der Waals surface area contributed by atoms with Crippen molar-refractivity contribution in [3.8, 4) is 48.0 Å². The molecule has 0 saturated carbocycles. The molecule has 0 aromatic heterocycles. The Morgan fingerprint density at radius 2 is 0.952 bits per heavy atom. The van der Waals surface area contributed by atoms with E-state index in [2.05, 4.69) is 88.9 Å². The highest BCUT2D eigenvalue weighted by Gasteiger charge is 2.20. The first-order valence-corrected chi connectivity index (χ1v) is 13.9. The molecule has 0 aliphatic heterocycles. The van der Waals surface area contributed by atoms with Crippen LogP contribution in [-0.4, -0.2) is 24.2 Å². The van der Waals surface area contributed by atoms with Gasteiger partial charge in [0, 0.05) is 46.7 Å². The maximum absolute atomic E-state index is 9.77. The zero-order chi connectivity index (χ0) is 31.4. The van der Waals surface area contributed by atoms with Crippen LogP contribution in [0.2, 0.25) is 0 Å². The van der Waals surface area contributed by atoms with E-state index in [-0.39, 0.29) is 34.4 Å². The third-order valence-corrected chi connectivity index (χ3v) is 6.50. The van der Waals surface area contributed by atoms with E-state index in [1.165, 1.54) is 0 Å². The SMILES string of the molecule is CC(C)N(c1ccc(C#CC#CC(=C(C#N)C#N)C(=C(C#N)C#N)c2ccc(N(C(C)C)C(C)C)cc2)cc1)C(C)C. The van der Waals surface area contributed by atoms with Gasteiger partial charge in [-0.15, -0.1) is 0 Å². The second kappa shape index (κ2) is 15.4. The topological polar surface area (TPSA) is 102 Å². The predicted octanol–water partition coefficient (Wildman–Crippen LogP) is 7.13. The van der Waals surface area contributed by atoms with Crippen LogP contribution in [0.1, 0.15) is 66.5 Å². The van der Waals surface area contributed by atoms with E-state index in [0.717, 1.165) is 16.9 Å². The molecule has 210 valence electrons. The molecule has 2 rings (SSSR count). The molecule has 0 bridgehead atoms. The van der Waals surface area contributed by atoms with Crippen molar-refractivity contribution in [2.24, 2.45) is 0 Å². The lowest BCUT2D eigenvalue weighted by Gasteiger charge is -2.33. The molecule has 0 heterocycles. The number of hydrogen-bond donors (Lipinski definition) is 0. The van der Waals surface area contributed by atoms with E-state index in [1.807, 2.05) is 60.7 Å². The number of benzene rings is 2. The molecule has 42 heavy (non-hydrogen) atoms. The van der Waals surface area contributed by atoms with Gasteiger partial charge >= 0.3 is 0 Å². The summed E-state index contributed by atoms with van der Waals surface area (Å²) in [7, 11) is 0. The molecule has 0 N–H and O–H groups in total. The van der Waals surface area contributed by atoms with Gasteiger partial charge < -0.3 is 9.80 Å². The molecule has 0 radical (unpaired) electrons. The van der Waals surface area contributed by atoms with Gasteiger partial charge in [-0.3, -0.25) is 0 Å². The maximum Gasteiger partial charge on any atom is 0.145 e. The molecule has 6 nitrogen and oxygen atoms in total. The summed E-state index contributed by atoms with van der Waals surface area (Å²) in [6.07, 6.45) is 0. The van der Waals surface area contributed by atoms with Crippen LogP contribution >= 0.6 is 0 Å². The molecule has 0 unspecified atom stereocenters. The van der Waals surface area contributed by atoms with E-state index in [9.17, 15) is 21.0 Å². The Balaban J connectivity index is 2.59. The van der Waals surface area contributed by atoms with Gasteiger partial charge in [0.2, 0.25) is 0 Å². The summed E-state index contributed by atoms with van der Waals surface area (Å²) >= 11 is 0. The molecule has 0 atom stereocenters. The van der Waals surface area contributed by atoms with Crippen molar-refractivity contribution in [2.75, 3.05) is 9.80 Å². The highest BCUT2D eigenvalue weighted by Crippen LogP contribution is 2.31. The highest BCUT2D eigenvalue weighted by atomic mass is 15.2. The normalized spacial score (nSPS) is 9.81. The van der Waals surface area contributed by atoms with Crippen LogP contribution in [0.3, 0.4) is 0 Å². The Bertz CT molecular complexity index is 1570. The first-order chi connectivity index (χ1) is 20.0. The fraction of sp³-hybridized carbons (Fsp3) is 0.333. The number of rotatable bonds is 8. The van der Waals surface area contributed by atoms with Crippen molar-refractivity contribution in [1.82, 2.24) is 0 Å². The largest absolute Gasteiger partial charge is 0.367 e. The molecule has 2 aromatic carbocycles. The van der Waals surface area contributed by atoms with E-state index < -0.39 is 0 Å². The summed E-state index contributed by atoms with van der Waals surface area (Å²) in [5.41, 5.74) is 2.90. The molecule has 0 saturated heterocycles. The van der Waals surface area contributed by atoms with Crippen molar-refractivity contribution < 1.29 is 0 Å². The predicted molar refractivity (Wildman–Crippen MR) is 169 cm³/mol. The molecule has 2 aromatic rings. The maximum atomic E-state index is 9.77. The molecule has 0 amide bonds. The molecule has 0 fully saturated rings. The summed E-state index contributed by atoms with van der Waals surface area (Å²) in [6, 6.07) is 23.9. The molecule has 0 aliphatic carbocycles. The van der Waals surface area contributed by atoms with Crippen LogP contribution < -0.4 is 9.80 Å². The smallest absolute Gasteiger partial charge is 0.145 e. The number of hydrogen-bond acceptors (Lipinski definition) is 6. The van der Waals surface area contributed by atoms with Crippen molar-refractivity contribution in [1.29, 1.82) is 21.0 Å². The zero-order valence-electron chi connectivity index (χ0n) is 25.6. The molecular formula is C36H36N6. The number of anilines is 2. The summed E-state index contributed by atoms with van der Waals surface area (Å²) in [6.45, 7) is 17.0. The molecule has 0 spiro atoms. The van der Waals surface area contributed by atoms with Gasteiger partial charge in [0.15, 0.2) is 0 Å². The standard InChI is InChI=1S/C36H36N6/c1-25(2)41(26(3)4)33-17-13-29(14-18-33)11-9-10-12-35(31(21-37)22-38)36(32(23-39)24-40)30-15-19-34(20-16-30)42(27(5)6)28(7)8/h13-20,25-28H,1-8H3. The van der Waals surface area contributed by atoms with Gasteiger partial charge in [-0.1, -0.05) is 18.1 Å². The fourth-order valence-electron chi connectivity index (χ4n) is 5.04. The lowest BCUT2D eigenvalue weighted by Crippen LogP contribution is -2.36. The van der Waals surface area contributed by atoms with E-state index in [4.69, 9.17) is 0 Å². The van der Waals surface area contributed by atoms with Crippen molar-refractivity contribution >= 4 is 16.9 Å². The minimum atomic E-state index is -0.302. The Kier molecular flexibility index (Phi) is 12.0. The summed E-state index contributed by atoms with van der Waals surface area (Å²) < 4.78 is 0. The second-order valence-electron chi connectivity index (χ2n) is 10.7. The molecule has 6 heteroatoms. The summed E-state index contributed by atoms with van der Waals surface area (Å²) in [5.74, 6) is 11.3. The third kappa shape index (κ3) is 8.06. The van der Waals surface area contributed by atoms with Gasteiger partial charge in [-0.2, -0.15) is 21.0 Å². The quantitative estimate of drug-likeness (QED) is 0.196. The molecular weight excluding hydrogens is 516 g/mol. The van der Waals surface area contributed by atoms with Crippen molar-refractivity contribution in [3.05, 3.63) is 76.4 Å². The van der Waals surface area contributed by atoms with Gasteiger partial charge in [0.25, 0.3) is 0 Å². The average molecular weight is 553 g/mol. The first-order valence-electron chi connectivity index (χ1n) is 13.9. The zero-order valence-corrected chi connectivity index (χ0v) is 25.6. The van der Waals surface area contributed by atoms with E-state index >= 15 is 0 Å². The van der Waals surface area contributed by atoms with Crippen LogP contribution in [0, 0.1) is 69.0 Å². The number of allylic oxidation sites excluding steroid dienone is 4. The first kappa shape index (κ1) is 32.8. The second-order valence-corrected chi connectivity index (χ2v) is 10.7. The van der Waals surface area contributed by atoms with Crippen LogP contribution in [0.5, 0.6) is 0 Å². The highest BCUT2D eigenvalue weighted by molar-refractivity contribution is 5.92. The minimum Gasteiger partial charge on any atom is -0.367 e. The number of nitrogens with zero attached hydrogens (tertiary/aromatic N) is 6. The number of nitriles is 4. The van der Waals surface area contributed by atoms with E-state index in [1.54, 1.807) is 12.1 Å². The lowest BCUT2D eigenvalue weighted by molar-refractivity contribution is 0.608. The molecule has 0 aliphatic rings. The van der Waals surface area contributed by atoms with Crippen molar-refractivity contribution in [2.45, 2.75) is 79.6 Å². The third-order valence-electron chi connectivity index (χ3n) is 6.50. The van der Waals surface area contributed by atoms with Gasteiger partial charge in [-0.25, -0.2) is 0 Å². The van der Waals surface area contributed by atoms with Crippen LogP contribution in [-0.2, 0) is 0 Å². The monoisotopic (exact) mass is 552 g/mol. The van der Waals surface area contributed by atoms with Crippen LogP contribution in [0.15, 0.2) is 65.3 Å².